The first kappa shape index (κ1) is 18.0. The maximum atomic E-state index is 12.5. The minimum absolute atomic E-state index is 0.146. The normalized spacial score (nSPS) is 11.4. The van der Waals surface area contributed by atoms with Crippen LogP contribution in [0.1, 0.15) is 26.3 Å². The molecule has 8 heteroatoms. The van der Waals surface area contributed by atoms with Gasteiger partial charge >= 0.3 is 0 Å². The number of anilines is 2. The first-order valence-corrected chi connectivity index (χ1v) is 8.60. The molecule has 0 saturated heterocycles. The van der Waals surface area contributed by atoms with E-state index >= 15 is 0 Å². The van der Waals surface area contributed by atoms with Crippen molar-refractivity contribution in [1.29, 1.82) is 5.26 Å². The van der Waals surface area contributed by atoms with Gasteiger partial charge < -0.3 is 20.1 Å². The van der Waals surface area contributed by atoms with E-state index in [2.05, 4.69) is 15.6 Å². The van der Waals surface area contributed by atoms with E-state index in [9.17, 15) is 9.59 Å². The number of nitrogens with zero attached hydrogens (tertiary/aromatic N) is 2. The van der Waals surface area contributed by atoms with Gasteiger partial charge in [-0.25, -0.2) is 0 Å². The van der Waals surface area contributed by atoms with Crippen LogP contribution >= 0.6 is 0 Å². The SMILES string of the molecule is N#Cc1ccc(NC(=O)c2cncc(C(=O)Nc3ccc4c(c3)OCO4)c2)cc1. The summed E-state index contributed by atoms with van der Waals surface area (Å²) in [7, 11) is 0. The number of nitriles is 1. The van der Waals surface area contributed by atoms with Crippen molar-refractivity contribution in [2.45, 2.75) is 0 Å². The predicted molar refractivity (Wildman–Crippen MR) is 104 cm³/mol. The molecule has 3 aromatic rings. The highest BCUT2D eigenvalue weighted by molar-refractivity contribution is 6.08. The van der Waals surface area contributed by atoms with Crippen molar-refractivity contribution in [1.82, 2.24) is 4.98 Å². The van der Waals surface area contributed by atoms with E-state index in [-0.39, 0.29) is 17.9 Å². The number of pyridine rings is 1. The molecule has 8 nitrogen and oxygen atoms in total. The fraction of sp³-hybridized carbons (Fsp3) is 0.0476. The lowest BCUT2D eigenvalue weighted by Crippen LogP contribution is -2.16. The van der Waals surface area contributed by atoms with E-state index in [0.29, 0.717) is 28.4 Å². The van der Waals surface area contributed by atoms with Crippen LogP contribution in [0.2, 0.25) is 0 Å². The van der Waals surface area contributed by atoms with Gasteiger partial charge in [-0.2, -0.15) is 5.26 Å². The zero-order valence-corrected chi connectivity index (χ0v) is 15.0. The molecule has 2 aromatic carbocycles. The Morgan fingerprint density at radius 2 is 1.48 bits per heavy atom. The number of nitrogens with one attached hydrogen (secondary N) is 2. The molecule has 2 N–H and O–H groups in total. The topological polar surface area (TPSA) is 113 Å². The van der Waals surface area contributed by atoms with Crippen molar-refractivity contribution in [3.63, 3.8) is 0 Å². The minimum Gasteiger partial charge on any atom is -0.454 e. The largest absolute Gasteiger partial charge is 0.454 e. The van der Waals surface area contributed by atoms with Gasteiger partial charge in [-0.1, -0.05) is 0 Å². The lowest BCUT2D eigenvalue weighted by molar-refractivity contribution is 0.102. The van der Waals surface area contributed by atoms with Gasteiger partial charge in [-0.15, -0.1) is 0 Å². The van der Waals surface area contributed by atoms with Gasteiger partial charge in [-0.3, -0.25) is 14.6 Å². The van der Waals surface area contributed by atoms with Crippen LogP contribution in [0, 0.1) is 11.3 Å². The van der Waals surface area contributed by atoms with Crippen molar-refractivity contribution in [3.05, 3.63) is 77.6 Å². The summed E-state index contributed by atoms with van der Waals surface area (Å²) in [6.45, 7) is 0.146. The van der Waals surface area contributed by atoms with E-state index in [1.54, 1.807) is 42.5 Å². The first-order valence-electron chi connectivity index (χ1n) is 8.60. The number of amides is 2. The fourth-order valence-electron chi connectivity index (χ4n) is 2.70. The van der Waals surface area contributed by atoms with Crippen molar-refractivity contribution < 1.29 is 19.1 Å². The van der Waals surface area contributed by atoms with Gasteiger partial charge in [0.25, 0.3) is 11.8 Å². The lowest BCUT2D eigenvalue weighted by atomic mass is 10.1. The molecular weight excluding hydrogens is 372 g/mol. The number of hydrogen-bond acceptors (Lipinski definition) is 6. The Morgan fingerprint density at radius 1 is 0.862 bits per heavy atom. The Bertz CT molecular complexity index is 1140. The summed E-state index contributed by atoms with van der Waals surface area (Å²) in [5, 5.41) is 14.3. The molecule has 0 unspecified atom stereocenters. The summed E-state index contributed by atoms with van der Waals surface area (Å²) < 4.78 is 10.5. The average Bonchev–Trinajstić information content (AvgIpc) is 3.22. The van der Waals surface area contributed by atoms with Crippen molar-refractivity contribution in [2.75, 3.05) is 17.4 Å². The second kappa shape index (κ2) is 7.70. The number of hydrogen-bond donors (Lipinski definition) is 2. The molecule has 0 bridgehead atoms. The van der Waals surface area contributed by atoms with Crippen LogP contribution in [0.4, 0.5) is 11.4 Å². The third-order valence-corrected chi connectivity index (χ3v) is 4.16. The molecule has 2 amide bonds. The minimum atomic E-state index is -0.417. The number of carbonyl (C=O) groups excluding carboxylic acids is 2. The van der Waals surface area contributed by atoms with Crippen LogP contribution in [0.25, 0.3) is 0 Å². The van der Waals surface area contributed by atoms with Gasteiger partial charge in [0, 0.05) is 29.8 Å². The molecule has 1 aromatic heterocycles. The van der Waals surface area contributed by atoms with Crippen LogP contribution in [-0.4, -0.2) is 23.6 Å². The first-order chi connectivity index (χ1) is 14.1. The number of ether oxygens (including phenoxy) is 2. The maximum absolute atomic E-state index is 12.5. The Balaban J connectivity index is 1.46. The molecule has 1 aliphatic heterocycles. The van der Waals surface area contributed by atoms with Gasteiger partial charge in [0.1, 0.15) is 0 Å². The maximum Gasteiger partial charge on any atom is 0.257 e. The summed E-state index contributed by atoms with van der Waals surface area (Å²) in [4.78, 5) is 29.0. The third kappa shape index (κ3) is 3.99. The number of carbonyl (C=O) groups is 2. The zero-order chi connectivity index (χ0) is 20.2. The number of aromatic nitrogens is 1. The molecule has 0 atom stereocenters. The van der Waals surface area contributed by atoms with Gasteiger partial charge in [0.2, 0.25) is 6.79 Å². The highest BCUT2D eigenvalue weighted by Gasteiger charge is 2.16. The van der Waals surface area contributed by atoms with E-state index in [1.165, 1.54) is 18.5 Å². The van der Waals surface area contributed by atoms with Crippen LogP contribution in [0.3, 0.4) is 0 Å². The van der Waals surface area contributed by atoms with Crippen LogP contribution in [0.5, 0.6) is 11.5 Å². The molecule has 142 valence electrons. The van der Waals surface area contributed by atoms with E-state index in [1.807, 2.05) is 6.07 Å². The van der Waals surface area contributed by atoms with Crippen LogP contribution in [-0.2, 0) is 0 Å². The molecule has 2 heterocycles. The zero-order valence-electron chi connectivity index (χ0n) is 15.0. The van der Waals surface area contributed by atoms with E-state index < -0.39 is 11.8 Å². The van der Waals surface area contributed by atoms with Crippen molar-refractivity contribution in [3.8, 4) is 17.6 Å². The predicted octanol–water partition coefficient (Wildman–Crippen LogP) is 3.19. The molecule has 0 spiro atoms. The summed E-state index contributed by atoms with van der Waals surface area (Å²) in [5.41, 5.74) is 2.02. The molecule has 0 saturated carbocycles. The van der Waals surface area contributed by atoms with Gasteiger partial charge in [0.05, 0.1) is 22.8 Å². The summed E-state index contributed by atoms with van der Waals surface area (Å²) in [6.07, 6.45) is 2.75. The molecule has 0 radical (unpaired) electrons. The van der Waals surface area contributed by atoms with Crippen molar-refractivity contribution >= 4 is 23.2 Å². The fourth-order valence-corrected chi connectivity index (χ4v) is 2.70. The van der Waals surface area contributed by atoms with Gasteiger partial charge in [0.15, 0.2) is 11.5 Å². The Labute approximate surface area is 165 Å². The average molecular weight is 386 g/mol. The van der Waals surface area contributed by atoms with Crippen LogP contribution < -0.4 is 20.1 Å². The monoisotopic (exact) mass is 386 g/mol. The van der Waals surface area contributed by atoms with Crippen molar-refractivity contribution in [2.24, 2.45) is 0 Å². The second-order valence-corrected chi connectivity index (χ2v) is 6.13. The molecule has 1 aliphatic rings. The molecule has 4 rings (SSSR count). The Kier molecular flexibility index (Phi) is 4.78. The molecule has 0 aliphatic carbocycles. The summed E-state index contributed by atoms with van der Waals surface area (Å²) in [6, 6.07) is 15.0. The van der Waals surface area contributed by atoms with Gasteiger partial charge in [-0.05, 0) is 42.5 Å². The number of benzene rings is 2. The molecular formula is C21H14N4O4. The van der Waals surface area contributed by atoms with E-state index in [4.69, 9.17) is 14.7 Å². The number of fused-ring (bicyclic) bond motifs is 1. The second-order valence-electron chi connectivity index (χ2n) is 6.13. The van der Waals surface area contributed by atoms with E-state index in [0.717, 1.165) is 0 Å². The Hall–Kier alpha value is -4.38. The summed E-state index contributed by atoms with van der Waals surface area (Å²) in [5.74, 6) is 0.340. The molecule has 0 fully saturated rings. The summed E-state index contributed by atoms with van der Waals surface area (Å²) >= 11 is 0. The van der Waals surface area contributed by atoms with Crippen LogP contribution in [0.15, 0.2) is 60.9 Å². The molecule has 29 heavy (non-hydrogen) atoms. The standard InChI is InChI=1S/C21H14N4O4/c22-9-13-1-3-16(4-2-13)24-20(26)14-7-15(11-23-10-14)21(27)25-17-5-6-18-19(8-17)29-12-28-18/h1-8,10-11H,12H2,(H,24,26)(H,25,27). The Morgan fingerprint density at radius 3 is 2.17 bits per heavy atom. The quantitative estimate of drug-likeness (QED) is 0.712. The lowest BCUT2D eigenvalue weighted by Gasteiger charge is -2.08. The highest BCUT2D eigenvalue weighted by Crippen LogP contribution is 2.34. The highest BCUT2D eigenvalue weighted by atomic mass is 16.7. The number of rotatable bonds is 4. The third-order valence-electron chi connectivity index (χ3n) is 4.16. The smallest absolute Gasteiger partial charge is 0.257 e.